The molecule has 0 aliphatic heterocycles. The summed E-state index contributed by atoms with van der Waals surface area (Å²) in [5, 5.41) is 5.69. The van der Waals surface area contributed by atoms with E-state index in [0.717, 1.165) is 0 Å². The highest BCUT2D eigenvalue weighted by atomic mass is 19.1. The predicted octanol–water partition coefficient (Wildman–Crippen LogP) is 2.23. The number of alkyl halides is 1. The normalized spacial score (nSPS) is 12.7. The zero-order chi connectivity index (χ0) is 29.6. The summed E-state index contributed by atoms with van der Waals surface area (Å²) >= 11 is 0. The SMILES string of the molecule is Cc1cc(C(=O)N[C@@H](C[C@H](F)C(=O)OC(C)C)C(=O)OC(C)C)ccc1NCc1cnc2nc(N)nc(N)c2n1. The molecule has 2 heterocycles. The molecule has 1 amide bonds. The summed E-state index contributed by atoms with van der Waals surface area (Å²) in [6.45, 7) is 8.46. The first-order valence-corrected chi connectivity index (χ1v) is 12.6. The van der Waals surface area contributed by atoms with Crippen molar-refractivity contribution in [3.63, 3.8) is 0 Å². The van der Waals surface area contributed by atoms with E-state index in [9.17, 15) is 18.8 Å². The minimum absolute atomic E-state index is 0.00575. The third-order valence-electron chi connectivity index (χ3n) is 5.44. The number of aryl methyl sites for hydroxylation is 1. The second kappa shape index (κ2) is 13.0. The van der Waals surface area contributed by atoms with Crippen molar-refractivity contribution in [2.75, 3.05) is 16.8 Å². The van der Waals surface area contributed by atoms with Gasteiger partial charge in [-0.1, -0.05) is 0 Å². The molecule has 0 saturated carbocycles. The molecule has 0 aliphatic rings. The van der Waals surface area contributed by atoms with Crippen LogP contribution in [0.4, 0.5) is 21.8 Å². The smallest absolute Gasteiger partial charge is 0.341 e. The molecular formula is C26H33FN8O5. The molecule has 0 unspecified atom stereocenters. The lowest BCUT2D eigenvalue weighted by Gasteiger charge is -2.21. The van der Waals surface area contributed by atoms with Crippen molar-refractivity contribution in [1.82, 2.24) is 25.3 Å². The number of carbonyl (C=O) groups excluding carboxylic acids is 3. The molecule has 13 nitrogen and oxygen atoms in total. The number of nitrogen functional groups attached to an aromatic ring is 2. The van der Waals surface area contributed by atoms with Crippen molar-refractivity contribution in [3.05, 3.63) is 41.2 Å². The van der Waals surface area contributed by atoms with Crippen molar-refractivity contribution in [3.8, 4) is 0 Å². The molecule has 0 bridgehead atoms. The lowest BCUT2D eigenvalue weighted by molar-refractivity contribution is -0.155. The van der Waals surface area contributed by atoms with Gasteiger partial charge >= 0.3 is 11.9 Å². The number of hydrogen-bond acceptors (Lipinski definition) is 12. The number of nitrogens with zero attached hydrogens (tertiary/aromatic N) is 4. The Labute approximate surface area is 230 Å². The second-order valence-corrected chi connectivity index (χ2v) is 9.58. The highest BCUT2D eigenvalue weighted by molar-refractivity contribution is 5.97. The molecule has 0 spiro atoms. The molecule has 6 N–H and O–H groups in total. The van der Waals surface area contributed by atoms with E-state index in [1.165, 1.54) is 12.3 Å². The second-order valence-electron chi connectivity index (χ2n) is 9.58. The highest BCUT2D eigenvalue weighted by Crippen LogP contribution is 2.20. The van der Waals surface area contributed by atoms with Crippen LogP contribution < -0.4 is 22.1 Å². The summed E-state index contributed by atoms with van der Waals surface area (Å²) in [6.07, 6.45) is -2.26. The van der Waals surface area contributed by atoms with E-state index in [-0.39, 0.29) is 29.5 Å². The number of hydrogen-bond donors (Lipinski definition) is 4. The number of anilines is 3. The van der Waals surface area contributed by atoms with Crippen LogP contribution in [0.25, 0.3) is 11.2 Å². The molecule has 0 saturated heterocycles. The predicted molar refractivity (Wildman–Crippen MR) is 146 cm³/mol. The van der Waals surface area contributed by atoms with Crippen LogP contribution in [0.5, 0.6) is 0 Å². The van der Waals surface area contributed by atoms with Crippen LogP contribution in [0.1, 0.15) is 55.7 Å². The van der Waals surface area contributed by atoms with Gasteiger partial charge in [0.15, 0.2) is 23.2 Å². The Morgan fingerprint density at radius 2 is 1.68 bits per heavy atom. The van der Waals surface area contributed by atoms with Gasteiger partial charge in [0.05, 0.1) is 30.6 Å². The van der Waals surface area contributed by atoms with Crippen molar-refractivity contribution in [2.24, 2.45) is 0 Å². The first-order chi connectivity index (χ1) is 18.8. The number of halogens is 1. The molecule has 214 valence electrons. The number of benzene rings is 1. The van der Waals surface area contributed by atoms with Crippen LogP contribution in [-0.2, 0) is 25.6 Å². The lowest BCUT2D eigenvalue weighted by Crippen LogP contribution is -2.45. The Morgan fingerprint density at radius 3 is 2.33 bits per heavy atom. The van der Waals surface area contributed by atoms with E-state index >= 15 is 0 Å². The molecule has 2 aromatic heterocycles. The van der Waals surface area contributed by atoms with E-state index in [1.807, 2.05) is 0 Å². The number of esters is 2. The number of amides is 1. The summed E-state index contributed by atoms with van der Waals surface area (Å²) in [7, 11) is 0. The quantitative estimate of drug-likeness (QED) is 0.252. The molecule has 1 aromatic carbocycles. The summed E-state index contributed by atoms with van der Waals surface area (Å²) in [5.74, 6) is -2.49. The first kappa shape index (κ1) is 29.9. The molecule has 2 atom stereocenters. The number of fused-ring (bicyclic) bond motifs is 1. The molecule has 14 heteroatoms. The van der Waals surface area contributed by atoms with Crippen molar-refractivity contribution >= 4 is 46.5 Å². The topological polar surface area (TPSA) is 197 Å². The maximum absolute atomic E-state index is 14.6. The van der Waals surface area contributed by atoms with Crippen LogP contribution in [0.2, 0.25) is 0 Å². The fourth-order valence-electron chi connectivity index (χ4n) is 3.64. The Bertz CT molecular complexity index is 1400. The summed E-state index contributed by atoms with van der Waals surface area (Å²) < 4.78 is 24.6. The zero-order valence-electron chi connectivity index (χ0n) is 22.9. The van der Waals surface area contributed by atoms with Crippen LogP contribution in [0.3, 0.4) is 0 Å². The summed E-state index contributed by atoms with van der Waals surface area (Å²) in [6, 6.07) is 3.41. The maximum Gasteiger partial charge on any atom is 0.341 e. The molecule has 0 aliphatic carbocycles. The van der Waals surface area contributed by atoms with E-state index in [4.69, 9.17) is 20.9 Å². The van der Waals surface area contributed by atoms with E-state index in [2.05, 4.69) is 30.6 Å². The van der Waals surface area contributed by atoms with Gasteiger partial charge in [-0.15, -0.1) is 0 Å². The van der Waals surface area contributed by atoms with E-state index in [0.29, 0.717) is 22.5 Å². The third-order valence-corrected chi connectivity index (χ3v) is 5.44. The van der Waals surface area contributed by atoms with Crippen LogP contribution in [0.15, 0.2) is 24.4 Å². The number of rotatable bonds is 11. The molecule has 3 aromatic rings. The van der Waals surface area contributed by atoms with Gasteiger partial charge < -0.3 is 31.6 Å². The number of carbonyl (C=O) groups is 3. The van der Waals surface area contributed by atoms with Gasteiger partial charge in [0, 0.05) is 17.7 Å². The number of ether oxygens (including phenoxy) is 2. The van der Waals surface area contributed by atoms with E-state index in [1.54, 1.807) is 46.8 Å². The van der Waals surface area contributed by atoms with Gasteiger partial charge in [-0.2, -0.15) is 9.97 Å². The van der Waals surface area contributed by atoms with Crippen LogP contribution in [0, 0.1) is 6.92 Å². The minimum Gasteiger partial charge on any atom is -0.461 e. The minimum atomic E-state index is -2.13. The Kier molecular flexibility index (Phi) is 9.69. The van der Waals surface area contributed by atoms with Gasteiger partial charge in [0.2, 0.25) is 5.95 Å². The molecule has 0 fully saturated rings. The standard InChI is InChI=1S/C26H33FN8O5/c1-12(2)39-24(37)17(27)9-19(25(38)40-13(3)4)33-23(36)15-6-7-18(14(5)8-15)30-10-16-11-31-22-20(32-16)21(28)34-26(29)35-22/h6-8,11-13,17,19,30H,9-10H2,1-5H3,(H,33,36)(H4,28,29,31,34,35)/t17-,19-/m0/s1. The zero-order valence-corrected chi connectivity index (χ0v) is 22.9. The average molecular weight is 557 g/mol. The maximum atomic E-state index is 14.6. The highest BCUT2D eigenvalue weighted by Gasteiger charge is 2.31. The largest absolute Gasteiger partial charge is 0.461 e. The first-order valence-electron chi connectivity index (χ1n) is 12.6. The molecule has 3 rings (SSSR count). The van der Waals surface area contributed by atoms with Crippen molar-refractivity contribution < 1.29 is 28.2 Å². The van der Waals surface area contributed by atoms with Gasteiger partial charge in [-0.3, -0.25) is 4.79 Å². The summed E-state index contributed by atoms with van der Waals surface area (Å²) in [5.41, 5.74) is 14.3. The van der Waals surface area contributed by atoms with E-state index < -0.39 is 48.7 Å². The van der Waals surface area contributed by atoms with Crippen LogP contribution >= 0.6 is 0 Å². The van der Waals surface area contributed by atoms with Gasteiger partial charge in [-0.25, -0.2) is 23.9 Å². The third kappa shape index (κ3) is 7.94. The number of aromatic nitrogens is 4. The monoisotopic (exact) mass is 556 g/mol. The van der Waals surface area contributed by atoms with Crippen molar-refractivity contribution in [1.29, 1.82) is 0 Å². The fourth-order valence-corrected chi connectivity index (χ4v) is 3.64. The van der Waals surface area contributed by atoms with Crippen LogP contribution in [-0.4, -0.2) is 62.2 Å². The van der Waals surface area contributed by atoms with Gasteiger partial charge in [-0.05, 0) is 58.4 Å². The molecule has 40 heavy (non-hydrogen) atoms. The number of nitrogens with one attached hydrogen (secondary N) is 2. The summed E-state index contributed by atoms with van der Waals surface area (Å²) in [4.78, 5) is 54.0. The van der Waals surface area contributed by atoms with Gasteiger partial charge in [0.1, 0.15) is 6.04 Å². The lowest BCUT2D eigenvalue weighted by atomic mass is 10.1. The molecular weight excluding hydrogens is 523 g/mol. The Hall–Kier alpha value is -4.62. The fraction of sp³-hybridized carbons (Fsp3) is 0.423. The Balaban J connectivity index is 1.70. The Morgan fingerprint density at radius 1 is 1.00 bits per heavy atom. The van der Waals surface area contributed by atoms with Crippen molar-refractivity contribution in [2.45, 2.75) is 72.0 Å². The number of nitrogens with two attached hydrogens (primary N) is 2. The van der Waals surface area contributed by atoms with Gasteiger partial charge in [0.25, 0.3) is 5.91 Å². The average Bonchev–Trinajstić information content (AvgIpc) is 2.86. The molecule has 0 radical (unpaired) electrons.